The zero-order chi connectivity index (χ0) is 19.1. The molecule has 0 N–H and O–H groups in total. The number of allylic oxidation sites excluding steroid dienone is 2. The molecule has 27 heavy (non-hydrogen) atoms. The van der Waals surface area contributed by atoms with Crippen molar-refractivity contribution in [1.29, 1.82) is 0 Å². The molecule has 3 aromatic rings. The van der Waals surface area contributed by atoms with Crippen molar-refractivity contribution in [2.75, 3.05) is 0 Å². The van der Waals surface area contributed by atoms with Crippen LogP contribution >= 0.6 is 0 Å². The van der Waals surface area contributed by atoms with Crippen LogP contribution in [0.1, 0.15) is 37.3 Å². The second kappa shape index (κ2) is 9.32. The van der Waals surface area contributed by atoms with E-state index in [9.17, 15) is 4.39 Å². The lowest BCUT2D eigenvalue weighted by Crippen LogP contribution is -1.90. The number of benzene rings is 3. The Morgan fingerprint density at radius 3 is 2.37 bits per heavy atom. The summed E-state index contributed by atoms with van der Waals surface area (Å²) in [7, 11) is 0. The lowest BCUT2D eigenvalue weighted by Gasteiger charge is -2.06. The highest BCUT2D eigenvalue weighted by Gasteiger charge is 2.01. The smallest absolute Gasteiger partial charge is 0.0973 e. The van der Waals surface area contributed by atoms with E-state index >= 15 is 0 Å². The van der Waals surface area contributed by atoms with Crippen LogP contribution < -0.4 is 0 Å². The van der Waals surface area contributed by atoms with Gasteiger partial charge in [-0.05, 0) is 77.8 Å². The molecule has 0 amide bonds. The fraction of sp³-hybridized carbons (Fsp3) is 0.231. The van der Waals surface area contributed by atoms with Crippen LogP contribution in [0.5, 0.6) is 0 Å². The van der Waals surface area contributed by atoms with Gasteiger partial charge < -0.3 is 0 Å². The van der Waals surface area contributed by atoms with E-state index in [1.807, 2.05) is 6.08 Å². The second-order valence-corrected chi connectivity index (χ2v) is 7.13. The normalized spacial score (nSPS) is 12.5. The first kappa shape index (κ1) is 19.1. The minimum atomic E-state index is -0.702. The Morgan fingerprint density at radius 2 is 1.63 bits per heavy atom. The number of unbranched alkanes of at least 4 members (excludes halogenated alkanes) is 1. The van der Waals surface area contributed by atoms with Crippen molar-refractivity contribution in [1.82, 2.24) is 0 Å². The van der Waals surface area contributed by atoms with E-state index in [1.54, 1.807) is 6.92 Å². The van der Waals surface area contributed by atoms with Gasteiger partial charge in [0.15, 0.2) is 0 Å². The monoisotopic (exact) mass is 358 g/mol. The van der Waals surface area contributed by atoms with Gasteiger partial charge in [-0.3, -0.25) is 0 Å². The molecule has 0 bridgehead atoms. The van der Waals surface area contributed by atoms with Crippen LogP contribution in [-0.4, -0.2) is 6.17 Å². The molecule has 0 saturated carbocycles. The summed E-state index contributed by atoms with van der Waals surface area (Å²) in [4.78, 5) is 0. The molecule has 0 saturated heterocycles. The molecule has 0 aromatic heterocycles. The van der Waals surface area contributed by atoms with Crippen LogP contribution in [0.3, 0.4) is 0 Å². The van der Waals surface area contributed by atoms with Gasteiger partial charge in [0.25, 0.3) is 0 Å². The van der Waals surface area contributed by atoms with Gasteiger partial charge in [0, 0.05) is 0 Å². The standard InChI is InChI=1S/C26H27F/c1-3-7-21-10-13-23(14-11-21)25-17-16-24-18-22(12-15-26(24)19-25)9-6-4-5-8-20(2)27/h3,6,9-20H,1,4-5,7-8H2,2H3. The van der Waals surface area contributed by atoms with Crippen LogP contribution in [0.15, 0.2) is 79.4 Å². The maximum Gasteiger partial charge on any atom is 0.0973 e. The summed E-state index contributed by atoms with van der Waals surface area (Å²) in [6, 6.07) is 21.8. The zero-order valence-electron chi connectivity index (χ0n) is 16.0. The number of alkyl halides is 1. The zero-order valence-corrected chi connectivity index (χ0v) is 16.0. The summed E-state index contributed by atoms with van der Waals surface area (Å²) in [6.07, 6.45) is 8.87. The molecule has 3 rings (SSSR count). The van der Waals surface area contributed by atoms with E-state index in [0.29, 0.717) is 6.42 Å². The molecular formula is C26H27F. The number of fused-ring (bicyclic) bond motifs is 1. The molecule has 0 aliphatic carbocycles. The summed E-state index contributed by atoms with van der Waals surface area (Å²) in [5.74, 6) is 0. The highest BCUT2D eigenvalue weighted by molar-refractivity contribution is 5.89. The third kappa shape index (κ3) is 5.40. The minimum absolute atomic E-state index is 0.638. The maximum absolute atomic E-state index is 12.8. The fourth-order valence-corrected chi connectivity index (χ4v) is 3.28. The Kier molecular flexibility index (Phi) is 6.59. The molecule has 0 fully saturated rings. The number of hydrogen-bond donors (Lipinski definition) is 0. The van der Waals surface area contributed by atoms with Gasteiger partial charge in [-0.2, -0.15) is 0 Å². The molecule has 0 radical (unpaired) electrons. The van der Waals surface area contributed by atoms with E-state index in [0.717, 1.165) is 19.3 Å². The first-order chi connectivity index (χ1) is 13.2. The quantitative estimate of drug-likeness (QED) is 0.285. The van der Waals surface area contributed by atoms with E-state index in [2.05, 4.69) is 79.4 Å². The van der Waals surface area contributed by atoms with Crippen molar-refractivity contribution in [3.63, 3.8) is 0 Å². The Labute approximate surface area is 162 Å². The van der Waals surface area contributed by atoms with E-state index in [1.165, 1.54) is 33.0 Å². The van der Waals surface area contributed by atoms with Crippen LogP contribution in [0.4, 0.5) is 4.39 Å². The molecule has 138 valence electrons. The van der Waals surface area contributed by atoms with E-state index in [-0.39, 0.29) is 0 Å². The van der Waals surface area contributed by atoms with Crippen LogP contribution in [0.2, 0.25) is 0 Å². The first-order valence-electron chi connectivity index (χ1n) is 9.70. The van der Waals surface area contributed by atoms with E-state index < -0.39 is 6.17 Å². The fourth-order valence-electron chi connectivity index (χ4n) is 3.28. The summed E-state index contributed by atoms with van der Waals surface area (Å²) < 4.78 is 12.8. The molecule has 0 aliphatic rings. The molecule has 1 unspecified atom stereocenters. The number of hydrogen-bond acceptors (Lipinski definition) is 0. The van der Waals surface area contributed by atoms with Gasteiger partial charge in [-0.15, -0.1) is 6.58 Å². The highest BCUT2D eigenvalue weighted by atomic mass is 19.1. The Morgan fingerprint density at radius 1 is 0.926 bits per heavy atom. The predicted molar refractivity (Wildman–Crippen MR) is 117 cm³/mol. The van der Waals surface area contributed by atoms with Crippen molar-refractivity contribution in [3.8, 4) is 11.1 Å². The first-order valence-corrected chi connectivity index (χ1v) is 9.70. The average molecular weight is 358 g/mol. The minimum Gasteiger partial charge on any atom is -0.248 e. The van der Waals surface area contributed by atoms with Crippen molar-refractivity contribution < 1.29 is 4.39 Å². The van der Waals surface area contributed by atoms with Crippen molar-refractivity contribution in [2.45, 2.75) is 38.8 Å². The Bertz CT molecular complexity index is 917. The molecule has 0 nitrogen and oxygen atoms in total. The lowest BCUT2D eigenvalue weighted by molar-refractivity contribution is 0.335. The lowest BCUT2D eigenvalue weighted by atomic mass is 9.98. The number of rotatable bonds is 8. The largest absolute Gasteiger partial charge is 0.248 e. The average Bonchev–Trinajstić information content (AvgIpc) is 2.68. The molecule has 0 spiro atoms. The maximum atomic E-state index is 12.8. The van der Waals surface area contributed by atoms with Gasteiger partial charge in [-0.1, -0.05) is 66.8 Å². The second-order valence-electron chi connectivity index (χ2n) is 7.13. The highest BCUT2D eigenvalue weighted by Crippen LogP contribution is 2.26. The van der Waals surface area contributed by atoms with Gasteiger partial charge >= 0.3 is 0 Å². The van der Waals surface area contributed by atoms with Gasteiger partial charge in [0.05, 0.1) is 6.17 Å². The third-order valence-corrected chi connectivity index (χ3v) is 4.81. The molecule has 0 heterocycles. The van der Waals surface area contributed by atoms with Crippen molar-refractivity contribution >= 4 is 16.8 Å². The van der Waals surface area contributed by atoms with Gasteiger partial charge in [-0.25, -0.2) is 4.39 Å². The van der Waals surface area contributed by atoms with Crippen LogP contribution in [-0.2, 0) is 6.42 Å². The summed E-state index contributed by atoms with van der Waals surface area (Å²) >= 11 is 0. The molecule has 1 atom stereocenters. The summed E-state index contributed by atoms with van der Waals surface area (Å²) in [6.45, 7) is 5.41. The van der Waals surface area contributed by atoms with Gasteiger partial charge in [0.2, 0.25) is 0 Å². The van der Waals surface area contributed by atoms with Crippen molar-refractivity contribution in [3.05, 3.63) is 90.5 Å². The van der Waals surface area contributed by atoms with Crippen LogP contribution in [0, 0.1) is 0 Å². The summed E-state index contributed by atoms with van der Waals surface area (Å²) in [5, 5.41) is 2.48. The van der Waals surface area contributed by atoms with Crippen molar-refractivity contribution in [2.24, 2.45) is 0 Å². The SMILES string of the molecule is C=CCc1ccc(-c2ccc3cc(C=CCCCC(C)F)ccc3c2)cc1. The molecule has 1 heteroatoms. The van der Waals surface area contributed by atoms with Crippen LogP contribution in [0.25, 0.3) is 28.0 Å². The predicted octanol–water partition coefficient (Wildman–Crippen LogP) is 7.78. The Balaban J connectivity index is 1.73. The Hall–Kier alpha value is -2.67. The third-order valence-electron chi connectivity index (χ3n) is 4.81. The molecular weight excluding hydrogens is 331 g/mol. The topological polar surface area (TPSA) is 0 Å². The summed E-state index contributed by atoms with van der Waals surface area (Å²) in [5.41, 5.74) is 4.94. The van der Waals surface area contributed by atoms with Gasteiger partial charge in [0.1, 0.15) is 0 Å². The molecule has 0 aliphatic heterocycles. The van der Waals surface area contributed by atoms with E-state index in [4.69, 9.17) is 0 Å². The molecule has 3 aromatic carbocycles. The number of halogens is 1.